The van der Waals surface area contributed by atoms with Gasteiger partial charge in [0.25, 0.3) is 0 Å². The number of nitrogens with one attached hydrogen (secondary N) is 1. The third-order valence-corrected chi connectivity index (χ3v) is 10.1. The zero-order valence-electron chi connectivity index (χ0n) is 21.4. The molecule has 0 aliphatic carbocycles. The molecule has 0 bridgehead atoms. The van der Waals surface area contributed by atoms with E-state index in [1.165, 1.54) is 29.6 Å². The molecule has 2 aromatic rings. The maximum Gasteiger partial charge on any atom is 0.244 e. The minimum Gasteiger partial charge on any atom is -0.495 e. The molecule has 0 saturated carbocycles. The van der Waals surface area contributed by atoms with E-state index in [4.69, 9.17) is 9.47 Å². The molecule has 13 heteroatoms. The Morgan fingerprint density at radius 2 is 1.71 bits per heavy atom. The molecule has 4 rings (SSSR count). The first-order chi connectivity index (χ1) is 18.3. The molecule has 0 spiro atoms. The number of methoxy groups -OCH3 is 1. The highest BCUT2D eigenvalue weighted by molar-refractivity contribution is 7.89. The average molecular weight is 564 g/mol. The predicted octanol–water partition coefficient (Wildman–Crippen LogP) is 1.08. The first-order valence-corrected chi connectivity index (χ1v) is 15.4. The zero-order valence-corrected chi connectivity index (χ0v) is 23.0. The molecule has 2 aromatic carbocycles. The quantitative estimate of drug-likeness (QED) is 0.422. The van der Waals surface area contributed by atoms with Gasteiger partial charge in [-0.05, 0) is 43.3 Å². The van der Waals surface area contributed by atoms with E-state index in [0.717, 1.165) is 19.6 Å². The van der Waals surface area contributed by atoms with Gasteiger partial charge in [0.1, 0.15) is 11.8 Å². The van der Waals surface area contributed by atoms with Crippen molar-refractivity contribution < 1.29 is 26.3 Å². The van der Waals surface area contributed by atoms with Gasteiger partial charge >= 0.3 is 0 Å². The van der Waals surface area contributed by atoms with Crippen molar-refractivity contribution >= 4 is 25.7 Å². The summed E-state index contributed by atoms with van der Waals surface area (Å²) in [6.45, 7) is 5.27. The molecule has 206 valence electrons. The lowest BCUT2D eigenvalue weighted by Crippen LogP contribution is -2.48. The minimum absolute atomic E-state index is 0.0127. The lowest BCUT2D eigenvalue weighted by molar-refractivity contribution is 0.0376. The Hall–Kier alpha value is -2.73. The topological polar surface area (TPSA) is 132 Å². The number of hydrogen-bond donors (Lipinski definition) is 1. The van der Waals surface area contributed by atoms with E-state index in [0.29, 0.717) is 50.7 Å². The van der Waals surface area contributed by atoms with Crippen molar-refractivity contribution in [3.63, 3.8) is 0 Å². The second kappa shape index (κ2) is 12.4. The van der Waals surface area contributed by atoms with Crippen molar-refractivity contribution in [2.75, 3.05) is 77.6 Å². The van der Waals surface area contributed by atoms with E-state index in [1.807, 2.05) is 11.0 Å². The Morgan fingerprint density at radius 1 is 1.00 bits per heavy atom. The number of sulfonamides is 2. The van der Waals surface area contributed by atoms with Crippen LogP contribution in [-0.2, 0) is 24.8 Å². The SMILES string of the molecule is COc1ccc(S(=O)(=O)NCCCN2CCOCC2)cc1N1CCN(S(=O)(=O)c2ccccc2C#N)CC1. The van der Waals surface area contributed by atoms with Gasteiger partial charge in [-0.1, -0.05) is 12.1 Å². The number of piperazine rings is 1. The van der Waals surface area contributed by atoms with Crippen LogP contribution in [0, 0.1) is 11.3 Å². The molecule has 2 heterocycles. The standard InChI is InChI=1S/C25H33N5O6S2/c1-35-24-8-7-22(37(31,32)27-9-4-10-28-15-17-36-18-16-28)19-23(24)29-11-13-30(14-12-29)38(33,34)25-6-3-2-5-21(25)20-26/h2-3,5-8,19,27H,4,9-18H2,1H3. The molecular formula is C25H33N5O6S2. The number of morpholine rings is 1. The van der Waals surface area contributed by atoms with Crippen molar-refractivity contribution in [1.29, 1.82) is 5.26 Å². The second-order valence-corrected chi connectivity index (χ2v) is 12.7. The maximum atomic E-state index is 13.2. The summed E-state index contributed by atoms with van der Waals surface area (Å²) >= 11 is 0. The number of benzene rings is 2. The molecule has 0 amide bonds. The Kier molecular flexibility index (Phi) is 9.24. The van der Waals surface area contributed by atoms with Gasteiger partial charge in [0.15, 0.2) is 0 Å². The molecule has 38 heavy (non-hydrogen) atoms. The third kappa shape index (κ3) is 6.45. The van der Waals surface area contributed by atoms with E-state index in [9.17, 15) is 22.1 Å². The number of hydrogen-bond acceptors (Lipinski definition) is 9. The summed E-state index contributed by atoms with van der Waals surface area (Å²) in [7, 11) is -6.07. The van der Waals surface area contributed by atoms with Crippen molar-refractivity contribution in [2.24, 2.45) is 0 Å². The summed E-state index contributed by atoms with van der Waals surface area (Å²) in [5.74, 6) is 0.502. The first kappa shape index (κ1) is 28.3. The summed E-state index contributed by atoms with van der Waals surface area (Å²) in [4.78, 5) is 4.28. The fourth-order valence-electron chi connectivity index (χ4n) is 4.59. The molecule has 2 saturated heterocycles. The average Bonchev–Trinajstić information content (AvgIpc) is 2.95. The monoisotopic (exact) mass is 563 g/mol. The Morgan fingerprint density at radius 3 is 2.39 bits per heavy atom. The van der Waals surface area contributed by atoms with Gasteiger partial charge in [-0.3, -0.25) is 4.90 Å². The highest BCUT2D eigenvalue weighted by atomic mass is 32.2. The number of nitriles is 1. The van der Waals surface area contributed by atoms with E-state index >= 15 is 0 Å². The fraction of sp³-hybridized carbons (Fsp3) is 0.480. The largest absolute Gasteiger partial charge is 0.495 e. The van der Waals surface area contributed by atoms with E-state index in [-0.39, 0.29) is 28.4 Å². The van der Waals surface area contributed by atoms with Gasteiger partial charge < -0.3 is 14.4 Å². The van der Waals surface area contributed by atoms with Crippen LogP contribution in [0.4, 0.5) is 5.69 Å². The number of rotatable bonds is 10. The Labute approximate surface area is 224 Å². The summed E-state index contributed by atoms with van der Waals surface area (Å²) in [6, 6.07) is 12.8. The maximum absolute atomic E-state index is 13.2. The van der Waals surface area contributed by atoms with Crippen LogP contribution in [-0.4, -0.2) is 98.7 Å². The second-order valence-electron chi connectivity index (χ2n) is 9.04. The third-order valence-electron chi connectivity index (χ3n) is 6.71. The lowest BCUT2D eigenvalue weighted by atomic mass is 10.2. The molecular weight excluding hydrogens is 530 g/mol. The molecule has 0 unspecified atom stereocenters. The summed E-state index contributed by atoms with van der Waals surface area (Å²) in [5, 5.41) is 9.33. The highest BCUT2D eigenvalue weighted by Crippen LogP contribution is 2.32. The van der Waals surface area contributed by atoms with Crippen molar-refractivity contribution in [2.45, 2.75) is 16.2 Å². The highest BCUT2D eigenvalue weighted by Gasteiger charge is 2.31. The fourth-order valence-corrected chi connectivity index (χ4v) is 7.25. The van der Waals surface area contributed by atoms with Crippen LogP contribution in [0.3, 0.4) is 0 Å². The molecule has 1 N–H and O–H groups in total. The van der Waals surface area contributed by atoms with E-state index in [2.05, 4.69) is 9.62 Å². The summed E-state index contributed by atoms with van der Waals surface area (Å²) < 4.78 is 67.2. The molecule has 2 fully saturated rings. The summed E-state index contributed by atoms with van der Waals surface area (Å²) in [5.41, 5.74) is 0.685. The molecule has 2 aliphatic rings. The molecule has 0 aromatic heterocycles. The lowest BCUT2D eigenvalue weighted by Gasteiger charge is -2.36. The van der Waals surface area contributed by atoms with Gasteiger partial charge in [0, 0.05) is 45.8 Å². The van der Waals surface area contributed by atoms with Crippen LogP contribution in [0.5, 0.6) is 5.75 Å². The molecule has 2 aliphatic heterocycles. The Balaban J connectivity index is 1.42. The number of anilines is 1. The van der Waals surface area contributed by atoms with Crippen LogP contribution in [0.25, 0.3) is 0 Å². The van der Waals surface area contributed by atoms with Crippen LogP contribution in [0.15, 0.2) is 52.3 Å². The van der Waals surface area contributed by atoms with Gasteiger partial charge in [0.05, 0.1) is 41.4 Å². The zero-order chi connectivity index (χ0) is 27.2. The van der Waals surface area contributed by atoms with Crippen molar-refractivity contribution in [3.8, 4) is 11.8 Å². The molecule has 0 radical (unpaired) electrons. The van der Waals surface area contributed by atoms with Crippen LogP contribution < -0.4 is 14.4 Å². The smallest absolute Gasteiger partial charge is 0.244 e. The van der Waals surface area contributed by atoms with Crippen LogP contribution >= 0.6 is 0 Å². The molecule has 0 atom stereocenters. The number of nitrogens with zero attached hydrogens (tertiary/aromatic N) is 4. The van der Waals surface area contributed by atoms with Crippen molar-refractivity contribution in [3.05, 3.63) is 48.0 Å². The summed E-state index contributed by atoms with van der Waals surface area (Å²) in [6.07, 6.45) is 0.688. The predicted molar refractivity (Wildman–Crippen MR) is 142 cm³/mol. The van der Waals surface area contributed by atoms with Crippen molar-refractivity contribution in [1.82, 2.24) is 13.9 Å². The molecule has 11 nitrogen and oxygen atoms in total. The van der Waals surface area contributed by atoms with Gasteiger partial charge in [-0.15, -0.1) is 0 Å². The van der Waals surface area contributed by atoms with Gasteiger partial charge in [-0.25, -0.2) is 21.6 Å². The first-order valence-electron chi connectivity index (χ1n) is 12.5. The minimum atomic E-state index is -3.84. The van der Waals surface area contributed by atoms with Gasteiger partial charge in [0.2, 0.25) is 20.0 Å². The normalized spacial score (nSPS) is 17.7. The van der Waals surface area contributed by atoms with Crippen LogP contribution in [0.1, 0.15) is 12.0 Å². The van der Waals surface area contributed by atoms with Gasteiger partial charge in [-0.2, -0.15) is 9.57 Å². The number of ether oxygens (including phenoxy) is 2. The van der Waals surface area contributed by atoms with E-state index < -0.39 is 20.0 Å². The van der Waals surface area contributed by atoms with Crippen LogP contribution in [0.2, 0.25) is 0 Å². The van der Waals surface area contributed by atoms with E-state index in [1.54, 1.807) is 24.3 Å². The Bertz CT molecular complexity index is 1360.